The molecule has 0 fully saturated rings. The predicted molar refractivity (Wildman–Crippen MR) is 118 cm³/mol. The van der Waals surface area contributed by atoms with Crippen LogP contribution in [0, 0.1) is 25.2 Å². The van der Waals surface area contributed by atoms with Crippen molar-refractivity contribution in [1.82, 2.24) is 0 Å². The van der Waals surface area contributed by atoms with Gasteiger partial charge in [0.1, 0.15) is 39.3 Å². The maximum absolute atomic E-state index is 11.6. The maximum atomic E-state index is 11.6. The van der Waals surface area contributed by atoms with Crippen molar-refractivity contribution in [1.29, 1.82) is 5.26 Å². The number of aromatic hydroxyl groups is 2. The van der Waals surface area contributed by atoms with Crippen LogP contribution in [0.3, 0.4) is 0 Å². The van der Waals surface area contributed by atoms with Crippen molar-refractivity contribution in [2.75, 3.05) is 0 Å². The van der Waals surface area contributed by atoms with Gasteiger partial charge in [-0.2, -0.15) is 5.26 Å². The molecule has 4 aromatic rings. The Morgan fingerprint density at radius 2 is 1.42 bits per heavy atom. The van der Waals surface area contributed by atoms with Gasteiger partial charge >= 0.3 is 11.3 Å². The Labute approximate surface area is 180 Å². The van der Waals surface area contributed by atoms with Crippen molar-refractivity contribution in [3.8, 4) is 17.6 Å². The van der Waals surface area contributed by atoms with Crippen molar-refractivity contribution in [2.45, 2.75) is 13.8 Å². The summed E-state index contributed by atoms with van der Waals surface area (Å²) >= 11 is 4.79. The minimum Gasteiger partial charge on any atom is -0.508 e. The van der Waals surface area contributed by atoms with Crippen molar-refractivity contribution in [2.24, 2.45) is 5.73 Å². The van der Waals surface area contributed by atoms with E-state index in [1.54, 1.807) is 32.0 Å². The van der Waals surface area contributed by atoms with Crippen LogP contribution in [-0.4, -0.2) is 15.2 Å². The van der Waals surface area contributed by atoms with Crippen LogP contribution >= 0.6 is 12.2 Å². The molecule has 0 atom stereocenters. The van der Waals surface area contributed by atoms with Gasteiger partial charge in [0.2, 0.25) is 0 Å². The molecule has 0 saturated heterocycles. The second-order valence-corrected chi connectivity index (χ2v) is 7.06. The van der Waals surface area contributed by atoms with E-state index in [-0.39, 0.29) is 33.2 Å². The summed E-state index contributed by atoms with van der Waals surface area (Å²) in [5.41, 5.74) is 6.28. The Morgan fingerprint density at radius 3 is 1.90 bits per heavy atom. The summed E-state index contributed by atoms with van der Waals surface area (Å²) in [5.74, 6) is 0.0629. The van der Waals surface area contributed by atoms with Gasteiger partial charge in [0, 0.05) is 22.9 Å². The zero-order valence-electron chi connectivity index (χ0n) is 16.4. The van der Waals surface area contributed by atoms with E-state index >= 15 is 0 Å². The van der Waals surface area contributed by atoms with Gasteiger partial charge in [-0.3, -0.25) is 0 Å². The molecule has 156 valence electrons. The van der Waals surface area contributed by atoms with E-state index < -0.39 is 11.3 Å². The molecule has 0 spiro atoms. The van der Waals surface area contributed by atoms with Crippen LogP contribution in [0.4, 0.5) is 0 Å². The van der Waals surface area contributed by atoms with Crippen molar-refractivity contribution < 1.29 is 19.0 Å². The van der Waals surface area contributed by atoms with E-state index in [2.05, 4.69) is 0 Å². The fourth-order valence-corrected chi connectivity index (χ4v) is 3.34. The highest BCUT2D eigenvalue weighted by molar-refractivity contribution is 7.80. The predicted octanol–water partition coefficient (Wildman–Crippen LogP) is 3.12. The van der Waals surface area contributed by atoms with E-state index in [0.717, 1.165) is 0 Å². The molecule has 0 amide bonds. The maximum Gasteiger partial charge on any atom is 0.354 e. The fourth-order valence-electron chi connectivity index (χ4n) is 3.10. The lowest BCUT2D eigenvalue weighted by atomic mass is 10.1. The first-order valence-electron chi connectivity index (χ1n) is 8.86. The average Bonchev–Trinajstić information content (AvgIpc) is 2.67. The van der Waals surface area contributed by atoms with Gasteiger partial charge in [0.05, 0.1) is 5.56 Å². The van der Waals surface area contributed by atoms with Gasteiger partial charge in [-0.15, -0.1) is 0 Å². The minimum absolute atomic E-state index is 0.00758. The van der Waals surface area contributed by atoms with Gasteiger partial charge in [0.25, 0.3) is 0 Å². The quantitative estimate of drug-likeness (QED) is 0.302. The molecule has 2 aromatic heterocycles. The Hall–Kier alpha value is -4.16. The molecule has 2 heterocycles. The number of nitrogens with zero attached hydrogens (tertiary/aromatic N) is 1. The van der Waals surface area contributed by atoms with Gasteiger partial charge in [-0.05, 0) is 49.2 Å². The van der Waals surface area contributed by atoms with Gasteiger partial charge in [-0.1, -0.05) is 12.2 Å². The Kier molecular flexibility index (Phi) is 5.77. The Bertz CT molecular complexity index is 1510. The molecule has 4 N–H and O–H groups in total. The summed E-state index contributed by atoms with van der Waals surface area (Å²) < 4.78 is 9.94. The third kappa shape index (κ3) is 4.10. The zero-order chi connectivity index (χ0) is 22.9. The van der Waals surface area contributed by atoms with Crippen molar-refractivity contribution in [3.05, 3.63) is 79.5 Å². The number of nitrogens with two attached hydrogens (primary N) is 1. The van der Waals surface area contributed by atoms with Crippen molar-refractivity contribution >= 4 is 39.1 Å². The number of thiocarbonyl (C=S) groups is 1. The molecule has 0 saturated carbocycles. The largest absolute Gasteiger partial charge is 0.508 e. The van der Waals surface area contributed by atoms with Crippen LogP contribution < -0.4 is 17.0 Å². The van der Waals surface area contributed by atoms with Gasteiger partial charge in [-0.25, -0.2) is 9.59 Å². The molecule has 0 aliphatic carbocycles. The lowest BCUT2D eigenvalue weighted by Crippen LogP contribution is -2.21. The van der Waals surface area contributed by atoms with E-state index in [9.17, 15) is 19.8 Å². The van der Waals surface area contributed by atoms with Gasteiger partial charge in [0.15, 0.2) is 0 Å². The summed E-state index contributed by atoms with van der Waals surface area (Å²) in [4.78, 5) is 22.9. The highest BCUT2D eigenvalue weighted by atomic mass is 32.1. The second kappa shape index (κ2) is 8.30. The standard InChI is InChI=1S/C11H9NO3S.C11H7NO3/c1-5-7-3-2-6(13)4-8(7)15-11(14)9(5)10(12)16;1-6-8-3-2-7(13)4-10(8)15-11(14)9(6)5-12/h2-4,13H,1H3,(H2,12,16);2-4,13H,1H3. The van der Waals surface area contributed by atoms with Crippen LogP contribution in [-0.2, 0) is 0 Å². The van der Waals surface area contributed by atoms with Crippen LogP contribution in [0.5, 0.6) is 11.5 Å². The second-order valence-electron chi connectivity index (χ2n) is 6.62. The molecule has 4 rings (SSSR count). The molecule has 0 aliphatic heterocycles. The Morgan fingerprint density at radius 1 is 0.935 bits per heavy atom. The Balaban J connectivity index is 0.000000176. The first-order valence-corrected chi connectivity index (χ1v) is 9.27. The smallest absolute Gasteiger partial charge is 0.354 e. The first-order chi connectivity index (χ1) is 14.6. The summed E-state index contributed by atoms with van der Waals surface area (Å²) in [6.45, 7) is 3.42. The molecular weight excluding hydrogens is 420 g/mol. The monoisotopic (exact) mass is 436 g/mol. The highest BCUT2D eigenvalue weighted by Crippen LogP contribution is 2.24. The van der Waals surface area contributed by atoms with E-state index in [1.807, 2.05) is 0 Å². The number of rotatable bonds is 1. The van der Waals surface area contributed by atoms with Crippen LogP contribution in [0.1, 0.15) is 22.3 Å². The number of hydrogen-bond donors (Lipinski definition) is 3. The molecule has 0 radical (unpaired) electrons. The summed E-state index contributed by atoms with van der Waals surface area (Å²) in [7, 11) is 0. The molecule has 0 aliphatic rings. The summed E-state index contributed by atoms with van der Waals surface area (Å²) in [6.07, 6.45) is 0. The van der Waals surface area contributed by atoms with Crippen molar-refractivity contribution in [3.63, 3.8) is 0 Å². The van der Waals surface area contributed by atoms with Crippen LogP contribution in [0.2, 0.25) is 0 Å². The van der Waals surface area contributed by atoms with Gasteiger partial charge < -0.3 is 24.8 Å². The molecule has 9 heteroatoms. The van der Waals surface area contributed by atoms with Crippen LogP contribution in [0.25, 0.3) is 21.9 Å². The number of phenolic OH excluding ortho intramolecular Hbond substituents is 2. The number of hydrogen-bond acceptors (Lipinski definition) is 8. The minimum atomic E-state index is -0.673. The topological polar surface area (TPSA) is 151 Å². The lowest BCUT2D eigenvalue weighted by Gasteiger charge is -2.05. The number of aryl methyl sites for hydroxylation is 2. The SMILES string of the molecule is Cc1c(C#N)c(=O)oc2cc(O)ccc12.Cc1c(C(N)=S)c(=O)oc2cc(O)ccc12. The normalized spacial score (nSPS) is 10.4. The summed E-state index contributed by atoms with van der Waals surface area (Å²) in [5, 5.41) is 28.6. The lowest BCUT2D eigenvalue weighted by molar-refractivity contribution is 0.472. The third-order valence-electron chi connectivity index (χ3n) is 4.66. The number of nitriles is 1. The molecule has 2 aromatic carbocycles. The van der Waals surface area contributed by atoms with E-state index in [0.29, 0.717) is 27.5 Å². The number of benzene rings is 2. The van der Waals surface area contributed by atoms with Crippen LogP contribution in [0.15, 0.2) is 54.8 Å². The first kappa shape index (κ1) is 21.5. The van der Waals surface area contributed by atoms with E-state index in [1.165, 1.54) is 24.3 Å². The molecule has 0 unspecified atom stereocenters. The molecule has 31 heavy (non-hydrogen) atoms. The fraction of sp³-hybridized carbons (Fsp3) is 0.0909. The number of fused-ring (bicyclic) bond motifs is 2. The molecular formula is C22H16N2O6S. The molecule has 8 nitrogen and oxygen atoms in total. The van der Waals surface area contributed by atoms with E-state index in [4.69, 9.17) is 32.0 Å². The number of phenols is 2. The highest BCUT2D eigenvalue weighted by Gasteiger charge is 2.13. The zero-order valence-corrected chi connectivity index (χ0v) is 17.2. The third-order valence-corrected chi connectivity index (χ3v) is 4.86. The average molecular weight is 436 g/mol. The summed E-state index contributed by atoms with van der Waals surface area (Å²) in [6, 6.07) is 10.8. The molecule has 0 bridgehead atoms.